The second kappa shape index (κ2) is 22.6. The summed E-state index contributed by atoms with van der Waals surface area (Å²) in [5, 5.41) is 19.8. The van der Waals surface area contributed by atoms with Crippen LogP contribution >= 0.6 is 17.0 Å². The third kappa shape index (κ3) is 13.7. The standard InChI is InChI=1S/C24H21F3N6O3.C23H20F3N7O3.BrH/c25-24(26,27)35-18-6-4-17(5-7-18)22-29-23(36-31-22)19-8-9-21(34)33(30-19)15-16-10-11-28-20(14-16)32-12-2-1-3-13-32;24-23(25,26)35-17-3-1-16(2-4-17)21-29-22(36-31-21)18-5-6-20(34)33(30-18)14-15-7-8-28-19(13-15)32-11-9-27-10-12-32;/h4-11,14H,1-3,12-13,15H2;1-8,13,27H,9-12,14H2;1H. The lowest BCUT2D eigenvalue weighted by Gasteiger charge is -2.28. The van der Waals surface area contributed by atoms with Crippen LogP contribution in [0.4, 0.5) is 38.0 Å². The summed E-state index contributed by atoms with van der Waals surface area (Å²) in [5.74, 6) is 1.43. The van der Waals surface area contributed by atoms with E-state index in [-0.39, 0.29) is 87.5 Å². The number of piperidine rings is 1. The first-order chi connectivity index (χ1) is 34.7. The van der Waals surface area contributed by atoms with Crippen LogP contribution < -0.4 is 35.7 Å². The summed E-state index contributed by atoms with van der Waals surface area (Å²) in [5.41, 5.74) is 2.55. The molecule has 2 saturated heterocycles. The van der Waals surface area contributed by atoms with Crippen molar-refractivity contribution in [1.82, 2.24) is 55.1 Å². The molecule has 0 aliphatic carbocycles. The third-order valence-corrected chi connectivity index (χ3v) is 11.1. The molecular formula is C47H42BrF6N13O6. The number of aromatic nitrogens is 10. The van der Waals surface area contributed by atoms with Gasteiger partial charge in [0, 0.05) is 74.9 Å². The topological polar surface area (TPSA) is 210 Å². The summed E-state index contributed by atoms with van der Waals surface area (Å²) in [7, 11) is 0. The molecule has 19 nitrogen and oxygen atoms in total. The zero-order valence-corrected chi connectivity index (χ0v) is 39.9. The van der Waals surface area contributed by atoms with Gasteiger partial charge in [0.1, 0.15) is 34.5 Å². The second-order valence-electron chi connectivity index (χ2n) is 16.2. The second-order valence-corrected chi connectivity index (χ2v) is 16.2. The van der Waals surface area contributed by atoms with Crippen LogP contribution in [-0.4, -0.2) is 102 Å². The van der Waals surface area contributed by atoms with Crippen LogP contribution in [-0.2, 0) is 13.1 Å². The predicted octanol–water partition coefficient (Wildman–Crippen LogP) is 7.58. The highest BCUT2D eigenvalue weighted by Crippen LogP contribution is 2.29. The average Bonchev–Trinajstić information content (AvgIpc) is 4.08. The summed E-state index contributed by atoms with van der Waals surface area (Å²) in [6, 6.07) is 23.4. The summed E-state index contributed by atoms with van der Waals surface area (Å²) in [4.78, 5) is 46.8. The molecule has 0 atom stereocenters. The average molecular weight is 1080 g/mol. The summed E-state index contributed by atoms with van der Waals surface area (Å²) < 4.78 is 95.1. The fourth-order valence-corrected chi connectivity index (χ4v) is 7.68. The molecule has 1 N–H and O–H groups in total. The van der Waals surface area contributed by atoms with Crippen molar-refractivity contribution in [2.24, 2.45) is 0 Å². The van der Waals surface area contributed by atoms with Gasteiger partial charge >= 0.3 is 12.7 Å². The van der Waals surface area contributed by atoms with Gasteiger partial charge in [-0.05, 0) is 115 Å². The van der Waals surface area contributed by atoms with Gasteiger partial charge in [0.25, 0.3) is 22.9 Å². The number of nitrogens with zero attached hydrogens (tertiary/aromatic N) is 12. The normalized spacial score (nSPS) is 13.9. The van der Waals surface area contributed by atoms with Crippen molar-refractivity contribution in [1.29, 1.82) is 0 Å². The molecule has 26 heteroatoms. The van der Waals surface area contributed by atoms with Gasteiger partial charge in [-0.3, -0.25) is 9.59 Å². The zero-order valence-electron chi connectivity index (χ0n) is 38.2. The number of anilines is 2. The van der Waals surface area contributed by atoms with E-state index in [4.69, 9.17) is 9.05 Å². The molecule has 2 fully saturated rings. The number of halogens is 7. The van der Waals surface area contributed by atoms with E-state index in [0.29, 0.717) is 11.1 Å². The Morgan fingerprint density at radius 2 is 0.973 bits per heavy atom. The third-order valence-electron chi connectivity index (χ3n) is 11.1. The maximum absolute atomic E-state index is 12.5. The van der Waals surface area contributed by atoms with Crippen molar-refractivity contribution in [3.05, 3.63) is 141 Å². The lowest BCUT2D eigenvalue weighted by atomic mass is 10.1. The molecule has 2 aromatic carbocycles. The minimum Gasteiger partial charge on any atom is -0.406 e. The van der Waals surface area contributed by atoms with Crippen molar-refractivity contribution in [2.45, 2.75) is 45.1 Å². The molecule has 0 unspecified atom stereocenters. The first-order valence-electron chi connectivity index (χ1n) is 22.4. The number of benzene rings is 2. The van der Waals surface area contributed by atoms with Crippen LogP contribution in [0, 0.1) is 0 Å². The van der Waals surface area contributed by atoms with Crippen LogP contribution in [0.2, 0.25) is 0 Å². The Morgan fingerprint density at radius 1 is 0.548 bits per heavy atom. The largest absolute Gasteiger partial charge is 0.573 e. The molecule has 73 heavy (non-hydrogen) atoms. The summed E-state index contributed by atoms with van der Waals surface area (Å²) >= 11 is 0. The van der Waals surface area contributed by atoms with Crippen molar-refractivity contribution in [3.63, 3.8) is 0 Å². The quantitative estimate of drug-likeness (QED) is 0.117. The molecule has 10 rings (SSSR count). The minimum absolute atomic E-state index is 0. The molecule has 8 aromatic rings. The van der Waals surface area contributed by atoms with Crippen LogP contribution in [0.5, 0.6) is 11.5 Å². The van der Waals surface area contributed by atoms with Gasteiger partial charge in [0.05, 0.1) is 13.1 Å². The first kappa shape index (κ1) is 51.4. The Morgan fingerprint density at radius 3 is 1.40 bits per heavy atom. The molecular weight excluding hydrogens is 1040 g/mol. The molecule has 0 radical (unpaired) electrons. The number of hydrogen-bond acceptors (Lipinski definition) is 17. The number of piperazine rings is 1. The molecule has 0 spiro atoms. The highest BCUT2D eigenvalue weighted by Gasteiger charge is 2.32. The lowest BCUT2D eigenvalue weighted by molar-refractivity contribution is -0.275. The number of ether oxygens (including phenoxy) is 2. The maximum atomic E-state index is 12.5. The number of nitrogens with one attached hydrogen (secondary N) is 1. The van der Waals surface area contributed by atoms with Crippen LogP contribution in [0.3, 0.4) is 0 Å². The maximum Gasteiger partial charge on any atom is 0.573 e. The molecule has 2 aliphatic heterocycles. The smallest absolute Gasteiger partial charge is 0.406 e. The Bertz CT molecular complexity index is 3010. The molecule has 0 saturated carbocycles. The molecule has 2 aliphatic rings. The van der Waals surface area contributed by atoms with Gasteiger partial charge in [-0.15, -0.1) is 43.3 Å². The van der Waals surface area contributed by atoms with E-state index in [2.05, 4.69) is 65.0 Å². The van der Waals surface area contributed by atoms with Crippen molar-refractivity contribution in [2.75, 3.05) is 49.1 Å². The molecule has 0 bridgehead atoms. The Hall–Kier alpha value is -8.00. The van der Waals surface area contributed by atoms with Gasteiger partial charge in [-0.2, -0.15) is 20.2 Å². The van der Waals surface area contributed by atoms with Gasteiger partial charge in [0.2, 0.25) is 11.6 Å². The van der Waals surface area contributed by atoms with Crippen molar-refractivity contribution >= 4 is 28.6 Å². The van der Waals surface area contributed by atoms with E-state index in [1.165, 1.54) is 64.3 Å². The number of alkyl halides is 6. The SMILES string of the molecule is Br.O=c1ccc(-c2nc(-c3ccc(OC(F)(F)F)cc3)no2)nn1Cc1ccnc(N2CCCCC2)c1.O=c1ccc(-c2nc(-c3ccc(OC(F)(F)F)cc3)no2)nn1Cc1ccnc(N2CCNCC2)c1. The van der Waals surface area contributed by atoms with Gasteiger partial charge in [-0.1, -0.05) is 10.3 Å². The van der Waals surface area contributed by atoms with Gasteiger partial charge in [0.15, 0.2) is 0 Å². The van der Waals surface area contributed by atoms with Gasteiger partial charge in [-0.25, -0.2) is 19.3 Å². The molecule has 8 heterocycles. The van der Waals surface area contributed by atoms with E-state index in [9.17, 15) is 35.9 Å². The molecule has 380 valence electrons. The van der Waals surface area contributed by atoms with E-state index in [1.807, 2.05) is 24.3 Å². The van der Waals surface area contributed by atoms with Crippen LogP contribution in [0.15, 0.2) is 128 Å². The molecule has 6 aromatic heterocycles. The number of hydrogen-bond donors (Lipinski definition) is 1. The Balaban J connectivity index is 0.000000192. The fraction of sp³-hybridized carbons (Fsp3) is 0.277. The predicted molar refractivity (Wildman–Crippen MR) is 256 cm³/mol. The highest BCUT2D eigenvalue weighted by molar-refractivity contribution is 8.93. The summed E-state index contributed by atoms with van der Waals surface area (Å²) in [6.45, 7) is 5.83. The van der Waals surface area contributed by atoms with Gasteiger partial charge < -0.3 is 33.6 Å². The zero-order chi connectivity index (χ0) is 50.2. The first-order valence-corrected chi connectivity index (χ1v) is 22.4. The number of pyridine rings is 2. The van der Waals surface area contributed by atoms with Crippen molar-refractivity contribution < 1.29 is 44.9 Å². The lowest BCUT2D eigenvalue weighted by Crippen LogP contribution is -2.43. The van der Waals surface area contributed by atoms with E-state index in [0.717, 1.165) is 99.1 Å². The fourth-order valence-electron chi connectivity index (χ4n) is 7.68. The minimum atomic E-state index is -4.78. The van der Waals surface area contributed by atoms with Crippen molar-refractivity contribution in [3.8, 4) is 57.4 Å². The Labute approximate surface area is 420 Å². The summed E-state index contributed by atoms with van der Waals surface area (Å²) in [6.07, 6.45) is -2.64. The monoisotopic (exact) mass is 1080 g/mol. The van der Waals surface area contributed by atoms with Crippen LogP contribution in [0.25, 0.3) is 45.9 Å². The highest BCUT2D eigenvalue weighted by atomic mass is 79.9. The Kier molecular flexibility index (Phi) is 15.9. The number of rotatable bonds is 12. The molecule has 0 amide bonds. The van der Waals surface area contributed by atoms with E-state index in [1.54, 1.807) is 12.4 Å². The van der Waals surface area contributed by atoms with E-state index < -0.39 is 12.7 Å². The van der Waals surface area contributed by atoms with E-state index >= 15 is 0 Å². The van der Waals surface area contributed by atoms with Crippen LogP contribution in [0.1, 0.15) is 30.4 Å².